The molecule has 6 heteroatoms. The van der Waals surface area contributed by atoms with E-state index >= 15 is 0 Å². The third-order valence-electron chi connectivity index (χ3n) is 6.48. The topological polar surface area (TPSA) is 69.8 Å². The van der Waals surface area contributed by atoms with Crippen molar-refractivity contribution >= 4 is 5.91 Å². The number of β-amino-alcohol motifs (C(OH)–C–C–N with tert-alkyl or cyclic N) is 1. The average molecular weight is 412 g/mol. The van der Waals surface area contributed by atoms with Gasteiger partial charge in [-0.15, -0.1) is 0 Å². The molecule has 6 nitrogen and oxygen atoms in total. The van der Waals surface area contributed by atoms with E-state index in [4.69, 9.17) is 4.52 Å². The Morgan fingerprint density at radius 2 is 1.90 bits per heavy atom. The Balaban J connectivity index is 1.29. The Morgan fingerprint density at radius 3 is 2.57 bits per heavy atom. The van der Waals surface area contributed by atoms with Crippen molar-refractivity contribution in [2.24, 2.45) is 0 Å². The molecule has 2 saturated heterocycles. The Bertz CT molecular complexity index is 838. The molecular weight excluding hydrogens is 378 g/mol. The van der Waals surface area contributed by atoms with Crippen molar-refractivity contribution in [3.05, 3.63) is 52.9 Å². The van der Waals surface area contributed by atoms with Crippen LogP contribution in [-0.4, -0.2) is 58.3 Å². The molecule has 4 rings (SSSR count). The highest BCUT2D eigenvalue weighted by molar-refractivity contribution is 5.91. The molecule has 1 atom stereocenters. The van der Waals surface area contributed by atoms with Gasteiger partial charge in [0.05, 0.1) is 11.8 Å². The molecule has 1 aromatic carbocycles. The number of aromatic nitrogens is 1. The molecule has 1 N–H and O–H groups in total. The van der Waals surface area contributed by atoms with Crippen LogP contribution in [0.15, 0.2) is 34.9 Å². The number of benzene rings is 1. The van der Waals surface area contributed by atoms with Gasteiger partial charge in [0.15, 0.2) is 0 Å². The number of carbonyl (C=O) groups excluding carboxylic acids is 1. The normalized spacial score (nSPS) is 21.3. The molecule has 1 aromatic heterocycles. The number of carbonyl (C=O) groups is 1. The quantitative estimate of drug-likeness (QED) is 0.811. The van der Waals surface area contributed by atoms with E-state index in [9.17, 15) is 9.90 Å². The van der Waals surface area contributed by atoms with Crippen molar-refractivity contribution in [3.63, 3.8) is 0 Å². The number of rotatable bonds is 5. The summed E-state index contributed by atoms with van der Waals surface area (Å²) in [6.07, 6.45) is 3.19. The van der Waals surface area contributed by atoms with Crippen LogP contribution in [0.4, 0.5) is 0 Å². The van der Waals surface area contributed by atoms with Gasteiger partial charge in [-0.1, -0.05) is 43.3 Å². The summed E-state index contributed by atoms with van der Waals surface area (Å²) in [4.78, 5) is 16.8. The number of amides is 1. The summed E-state index contributed by atoms with van der Waals surface area (Å²) in [7, 11) is 0. The number of aliphatic hydroxyl groups is 1. The van der Waals surface area contributed by atoms with Gasteiger partial charge in [-0.3, -0.25) is 9.69 Å². The van der Waals surface area contributed by atoms with Crippen LogP contribution < -0.4 is 0 Å². The smallest absolute Gasteiger partial charge is 0.292 e. The lowest BCUT2D eigenvalue weighted by atomic mass is 9.93. The fourth-order valence-corrected chi connectivity index (χ4v) is 4.53. The molecule has 0 bridgehead atoms. The molecule has 2 aliphatic rings. The summed E-state index contributed by atoms with van der Waals surface area (Å²) in [5.74, 6) is 1.04. The summed E-state index contributed by atoms with van der Waals surface area (Å²) in [6, 6.07) is 10.8. The van der Waals surface area contributed by atoms with Gasteiger partial charge in [0.2, 0.25) is 5.76 Å². The zero-order chi connectivity index (χ0) is 21.1. The molecule has 2 aliphatic heterocycles. The van der Waals surface area contributed by atoms with Gasteiger partial charge in [0, 0.05) is 31.6 Å². The average Bonchev–Trinajstić information content (AvgIpc) is 3.24. The maximum Gasteiger partial charge on any atom is 0.292 e. The third kappa shape index (κ3) is 4.93. The first-order valence-electron chi connectivity index (χ1n) is 11.2. The van der Waals surface area contributed by atoms with E-state index in [2.05, 4.69) is 48.2 Å². The Kier molecular flexibility index (Phi) is 6.54. The van der Waals surface area contributed by atoms with E-state index in [1.54, 1.807) is 4.90 Å². The lowest BCUT2D eigenvalue weighted by molar-refractivity contribution is 0.0441. The van der Waals surface area contributed by atoms with Gasteiger partial charge < -0.3 is 14.5 Å². The van der Waals surface area contributed by atoms with Crippen molar-refractivity contribution < 1.29 is 14.4 Å². The van der Waals surface area contributed by atoms with E-state index in [-0.39, 0.29) is 5.91 Å². The van der Waals surface area contributed by atoms with E-state index in [0.717, 1.165) is 51.0 Å². The summed E-state index contributed by atoms with van der Waals surface area (Å²) in [6.45, 7) is 8.51. The fraction of sp³-hybridized carbons (Fsp3) is 0.583. The van der Waals surface area contributed by atoms with E-state index in [0.29, 0.717) is 30.7 Å². The number of likely N-dealkylation sites (tertiary alicyclic amines) is 2. The number of nitrogens with zero attached hydrogens (tertiary/aromatic N) is 3. The molecule has 2 aromatic rings. The highest BCUT2D eigenvalue weighted by Crippen LogP contribution is 2.29. The first kappa shape index (κ1) is 21.1. The van der Waals surface area contributed by atoms with Crippen LogP contribution in [-0.2, 0) is 6.54 Å². The van der Waals surface area contributed by atoms with Crippen molar-refractivity contribution in [1.82, 2.24) is 15.0 Å². The van der Waals surface area contributed by atoms with E-state index in [1.165, 1.54) is 11.1 Å². The summed E-state index contributed by atoms with van der Waals surface area (Å²) < 4.78 is 5.38. The van der Waals surface area contributed by atoms with Crippen molar-refractivity contribution in [1.29, 1.82) is 0 Å². The minimum atomic E-state index is -0.434. The Labute approximate surface area is 178 Å². The van der Waals surface area contributed by atoms with Crippen molar-refractivity contribution in [3.8, 4) is 0 Å². The predicted molar refractivity (Wildman–Crippen MR) is 115 cm³/mol. The van der Waals surface area contributed by atoms with Crippen LogP contribution in [0.2, 0.25) is 0 Å². The number of hydrogen-bond acceptors (Lipinski definition) is 5. The number of hydrogen-bond donors (Lipinski definition) is 1. The molecule has 0 spiro atoms. The maximum atomic E-state index is 12.6. The van der Waals surface area contributed by atoms with Crippen LogP contribution in [0.25, 0.3) is 0 Å². The molecule has 2 fully saturated rings. The van der Waals surface area contributed by atoms with Gasteiger partial charge in [-0.25, -0.2) is 0 Å². The highest BCUT2D eigenvalue weighted by Gasteiger charge is 2.28. The summed E-state index contributed by atoms with van der Waals surface area (Å²) in [5.41, 5.74) is 3.63. The van der Waals surface area contributed by atoms with Crippen molar-refractivity contribution in [2.75, 3.05) is 26.2 Å². The molecule has 1 amide bonds. The number of piperidine rings is 2. The highest BCUT2D eigenvalue weighted by atomic mass is 16.5. The van der Waals surface area contributed by atoms with Gasteiger partial charge in [-0.2, -0.15) is 0 Å². The third-order valence-corrected chi connectivity index (χ3v) is 6.48. The zero-order valence-electron chi connectivity index (χ0n) is 18.1. The van der Waals surface area contributed by atoms with Crippen LogP contribution in [0.1, 0.15) is 78.7 Å². The standard InChI is InChI=1S/C24H33N3O3/c1-17(2)19-7-5-18(6-8-19)15-26-12-9-20(10-13-26)22-14-23(30-25-22)24(29)27-11-3-4-21(28)16-27/h5-8,14,17,20-21,28H,3-4,9-13,15-16H2,1-2H3/t21-/m1/s1. The second kappa shape index (κ2) is 9.31. The second-order valence-corrected chi connectivity index (χ2v) is 9.11. The van der Waals surface area contributed by atoms with Crippen LogP contribution in [0, 0.1) is 0 Å². The van der Waals surface area contributed by atoms with Crippen molar-refractivity contribution in [2.45, 2.75) is 64.0 Å². The molecule has 0 aliphatic carbocycles. The van der Waals surface area contributed by atoms with Gasteiger partial charge in [0.1, 0.15) is 0 Å². The monoisotopic (exact) mass is 411 g/mol. The SMILES string of the molecule is CC(C)c1ccc(CN2CCC(c3cc(C(=O)N4CCC[C@@H](O)C4)on3)CC2)cc1. The van der Waals surface area contributed by atoms with E-state index in [1.807, 2.05) is 6.07 Å². The van der Waals surface area contributed by atoms with Crippen LogP contribution >= 0.6 is 0 Å². The van der Waals surface area contributed by atoms with Gasteiger partial charge in [-0.05, 0) is 55.8 Å². The second-order valence-electron chi connectivity index (χ2n) is 9.11. The number of aliphatic hydroxyl groups excluding tert-OH is 1. The minimum absolute atomic E-state index is 0.158. The first-order valence-corrected chi connectivity index (χ1v) is 11.2. The largest absolute Gasteiger partial charge is 0.391 e. The maximum absolute atomic E-state index is 12.6. The molecular formula is C24H33N3O3. The molecule has 0 radical (unpaired) electrons. The molecule has 162 valence electrons. The Hall–Kier alpha value is -2.18. The van der Waals surface area contributed by atoms with Gasteiger partial charge in [0.25, 0.3) is 5.91 Å². The first-order chi connectivity index (χ1) is 14.5. The lowest BCUT2D eigenvalue weighted by Gasteiger charge is -2.31. The Morgan fingerprint density at radius 1 is 1.17 bits per heavy atom. The van der Waals surface area contributed by atoms with Crippen LogP contribution in [0.3, 0.4) is 0 Å². The molecule has 0 saturated carbocycles. The fourth-order valence-electron chi connectivity index (χ4n) is 4.53. The molecule has 3 heterocycles. The van der Waals surface area contributed by atoms with Gasteiger partial charge >= 0.3 is 0 Å². The van der Waals surface area contributed by atoms with E-state index < -0.39 is 6.10 Å². The summed E-state index contributed by atoms with van der Waals surface area (Å²) in [5, 5.41) is 14.0. The minimum Gasteiger partial charge on any atom is -0.391 e. The van der Waals surface area contributed by atoms with Crippen LogP contribution in [0.5, 0.6) is 0 Å². The molecule has 30 heavy (non-hydrogen) atoms. The lowest BCUT2D eigenvalue weighted by Crippen LogP contribution is -2.42. The molecule has 0 unspecified atom stereocenters. The predicted octanol–water partition coefficient (Wildman–Crippen LogP) is 3.77. The summed E-state index contributed by atoms with van der Waals surface area (Å²) >= 11 is 0. The zero-order valence-corrected chi connectivity index (χ0v) is 18.1.